The lowest BCUT2D eigenvalue weighted by Crippen LogP contribution is -2.24. The maximum absolute atomic E-state index is 11.8. The normalized spacial score (nSPS) is 15.7. The summed E-state index contributed by atoms with van der Waals surface area (Å²) >= 11 is 0. The van der Waals surface area contributed by atoms with Gasteiger partial charge in [0.05, 0.1) is 26.4 Å². The molecule has 0 saturated heterocycles. The van der Waals surface area contributed by atoms with Crippen molar-refractivity contribution in [2.24, 2.45) is 0 Å². The zero-order valence-corrected chi connectivity index (χ0v) is 24.0. The number of phosphoric acid groups is 1. The third-order valence-electron chi connectivity index (χ3n) is 5.37. The molecule has 0 aromatic heterocycles. The molecule has 8 heteroatoms. The van der Waals surface area contributed by atoms with Crippen LogP contribution in [0.1, 0.15) is 73.1 Å². The van der Waals surface area contributed by atoms with Crippen LogP contribution in [0, 0.1) is 0 Å². The van der Waals surface area contributed by atoms with Crippen molar-refractivity contribution in [1.82, 2.24) is 5.32 Å². The molecule has 2 atom stereocenters. The third-order valence-corrected chi connectivity index (χ3v) is 6.36. The number of rotatable bonds is 21. The highest BCUT2D eigenvalue weighted by molar-refractivity contribution is 7.47. The van der Waals surface area contributed by atoms with Gasteiger partial charge < -0.3 is 19.7 Å². The minimum absolute atomic E-state index is 0.0826. The van der Waals surface area contributed by atoms with E-state index in [4.69, 9.17) is 18.5 Å². The lowest BCUT2D eigenvalue weighted by atomic mass is 10.0. The number of allylic oxidation sites excluding steroid dienone is 7. The van der Waals surface area contributed by atoms with Crippen LogP contribution in [-0.2, 0) is 23.1 Å². The van der Waals surface area contributed by atoms with Crippen molar-refractivity contribution in [2.45, 2.75) is 79.2 Å². The number of methoxy groups -OCH3 is 1. The van der Waals surface area contributed by atoms with Gasteiger partial charge in [-0.05, 0) is 80.2 Å². The second-order valence-corrected chi connectivity index (χ2v) is 10.6. The Kier molecular flexibility index (Phi) is 20.4. The number of hydrogen-bond acceptors (Lipinski definition) is 6. The van der Waals surface area contributed by atoms with Gasteiger partial charge in [0.1, 0.15) is 6.10 Å². The van der Waals surface area contributed by atoms with Crippen LogP contribution in [0.5, 0.6) is 0 Å². The quantitative estimate of drug-likeness (QED) is 0.102. The summed E-state index contributed by atoms with van der Waals surface area (Å²) in [7, 11) is -0.840. The standard InChI is InChI=1S/C27H50NO6P/c1-23(2)11-8-12-24(3)13-9-14-25(4)15-10-16-26(5)17-19-32-21-27(31-7)22-34-35(29,30)33-20-18-28-6/h11,13,15,17,27-28H,8-10,12,14,16,18-22H2,1-7H3,(H,29,30). The lowest BCUT2D eigenvalue weighted by Gasteiger charge is -2.17. The van der Waals surface area contributed by atoms with E-state index in [1.54, 1.807) is 7.05 Å². The molecule has 0 aliphatic carbocycles. The van der Waals surface area contributed by atoms with Crippen LogP contribution in [0.15, 0.2) is 46.6 Å². The van der Waals surface area contributed by atoms with Crippen LogP contribution in [0.2, 0.25) is 0 Å². The molecule has 0 saturated carbocycles. The van der Waals surface area contributed by atoms with Crippen molar-refractivity contribution >= 4 is 7.82 Å². The SMILES string of the molecule is CNCCOP(=O)(O)OCC(COCC=C(C)CCC=C(C)CCC=C(C)CCC=C(C)C)OC. The Morgan fingerprint density at radius 1 is 0.857 bits per heavy atom. The molecule has 0 aliphatic rings. The molecule has 0 aromatic rings. The summed E-state index contributed by atoms with van der Waals surface area (Å²) < 4.78 is 32.5. The van der Waals surface area contributed by atoms with E-state index in [-0.39, 0.29) is 19.8 Å². The highest BCUT2D eigenvalue weighted by atomic mass is 31.2. The number of ether oxygens (including phenoxy) is 2. The molecular weight excluding hydrogens is 465 g/mol. The first-order chi connectivity index (χ1) is 16.6. The molecule has 7 nitrogen and oxygen atoms in total. The van der Waals surface area contributed by atoms with E-state index in [0.717, 1.165) is 38.5 Å². The predicted molar refractivity (Wildman–Crippen MR) is 146 cm³/mol. The van der Waals surface area contributed by atoms with Crippen molar-refractivity contribution in [3.8, 4) is 0 Å². The highest BCUT2D eigenvalue weighted by Crippen LogP contribution is 2.43. The molecule has 0 aliphatic heterocycles. The number of phosphoric ester groups is 1. The summed E-state index contributed by atoms with van der Waals surface area (Å²) in [6, 6.07) is 0. The van der Waals surface area contributed by atoms with E-state index in [9.17, 15) is 9.46 Å². The second-order valence-electron chi connectivity index (χ2n) is 9.15. The van der Waals surface area contributed by atoms with Crippen molar-refractivity contribution in [2.75, 3.05) is 47.1 Å². The Labute approximate surface area is 214 Å². The fourth-order valence-electron chi connectivity index (χ4n) is 3.05. The first-order valence-electron chi connectivity index (χ1n) is 12.6. The monoisotopic (exact) mass is 515 g/mol. The fourth-order valence-corrected chi connectivity index (χ4v) is 3.80. The molecule has 0 aromatic carbocycles. The third kappa shape index (κ3) is 21.9. The lowest BCUT2D eigenvalue weighted by molar-refractivity contribution is -0.0153. The van der Waals surface area contributed by atoms with Gasteiger partial charge in [0.2, 0.25) is 0 Å². The van der Waals surface area contributed by atoms with Crippen molar-refractivity contribution in [3.63, 3.8) is 0 Å². The topological polar surface area (TPSA) is 86.3 Å². The molecule has 0 rings (SSSR count). The summed E-state index contributed by atoms with van der Waals surface area (Å²) in [6.45, 7) is 12.0. The van der Waals surface area contributed by atoms with Gasteiger partial charge in [-0.15, -0.1) is 0 Å². The van der Waals surface area contributed by atoms with Crippen molar-refractivity contribution in [1.29, 1.82) is 0 Å². The summed E-state index contributed by atoms with van der Waals surface area (Å²) in [6.07, 6.45) is 15.1. The van der Waals surface area contributed by atoms with Gasteiger partial charge in [0.15, 0.2) is 0 Å². The van der Waals surface area contributed by atoms with E-state index < -0.39 is 13.9 Å². The molecule has 0 bridgehead atoms. The van der Waals surface area contributed by atoms with Gasteiger partial charge in [-0.2, -0.15) is 0 Å². The second kappa shape index (κ2) is 21.1. The van der Waals surface area contributed by atoms with Gasteiger partial charge in [-0.3, -0.25) is 9.05 Å². The van der Waals surface area contributed by atoms with Crippen molar-refractivity contribution < 1.29 is 28.0 Å². The van der Waals surface area contributed by atoms with Crippen LogP contribution < -0.4 is 5.32 Å². The summed E-state index contributed by atoms with van der Waals surface area (Å²) in [5.74, 6) is 0. The molecule has 2 N–H and O–H groups in total. The Morgan fingerprint density at radius 3 is 1.91 bits per heavy atom. The summed E-state index contributed by atoms with van der Waals surface area (Å²) in [5.41, 5.74) is 5.56. The molecule has 2 unspecified atom stereocenters. The van der Waals surface area contributed by atoms with Crippen LogP contribution in [0.3, 0.4) is 0 Å². The largest absolute Gasteiger partial charge is 0.472 e. The number of likely N-dealkylation sites (N-methyl/N-ethyl adjacent to an activating group) is 1. The number of hydrogen-bond donors (Lipinski definition) is 2. The Hall–Kier alpha value is -1.05. The maximum atomic E-state index is 11.8. The van der Waals surface area contributed by atoms with Gasteiger partial charge in [0, 0.05) is 13.7 Å². The Morgan fingerprint density at radius 2 is 1.40 bits per heavy atom. The van der Waals surface area contributed by atoms with Gasteiger partial charge in [-0.1, -0.05) is 46.6 Å². The van der Waals surface area contributed by atoms with Gasteiger partial charge in [-0.25, -0.2) is 4.57 Å². The molecular formula is C27H50NO6P. The summed E-state index contributed by atoms with van der Waals surface area (Å²) in [5, 5.41) is 2.83. The Bertz CT molecular complexity index is 725. The number of nitrogens with one attached hydrogen (secondary N) is 1. The molecule has 0 heterocycles. The minimum Gasteiger partial charge on any atom is -0.377 e. The molecule has 35 heavy (non-hydrogen) atoms. The van der Waals surface area contributed by atoms with Crippen molar-refractivity contribution in [3.05, 3.63) is 46.6 Å². The zero-order valence-electron chi connectivity index (χ0n) is 23.1. The molecule has 0 radical (unpaired) electrons. The fraction of sp³-hybridized carbons (Fsp3) is 0.704. The molecule has 0 spiro atoms. The van der Waals surface area contributed by atoms with E-state index in [1.165, 1.54) is 29.4 Å². The van der Waals surface area contributed by atoms with Crippen LogP contribution in [0.25, 0.3) is 0 Å². The van der Waals surface area contributed by atoms with Crippen LogP contribution in [-0.4, -0.2) is 58.1 Å². The van der Waals surface area contributed by atoms with Crippen LogP contribution >= 0.6 is 7.82 Å². The maximum Gasteiger partial charge on any atom is 0.472 e. The first kappa shape index (κ1) is 34.0. The van der Waals surface area contributed by atoms with E-state index in [0.29, 0.717) is 13.2 Å². The minimum atomic E-state index is -4.08. The zero-order chi connectivity index (χ0) is 26.5. The van der Waals surface area contributed by atoms with Crippen LogP contribution in [0.4, 0.5) is 0 Å². The van der Waals surface area contributed by atoms with Gasteiger partial charge in [0.25, 0.3) is 0 Å². The molecule has 0 amide bonds. The predicted octanol–water partition coefficient (Wildman–Crippen LogP) is 6.52. The summed E-state index contributed by atoms with van der Waals surface area (Å²) in [4.78, 5) is 9.64. The van der Waals surface area contributed by atoms with E-state index in [2.05, 4.69) is 64.2 Å². The van der Waals surface area contributed by atoms with E-state index in [1.807, 2.05) is 0 Å². The van der Waals surface area contributed by atoms with Gasteiger partial charge >= 0.3 is 7.82 Å². The van der Waals surface area contributed by atoms with E-state index >= 15 is 0 Å². The first-order valence-corrected chi connectivity index (χ1v) is 14.1. The average molecular weight is 516 g/mol. The smallest absolute Gasteiger partial charge is 0.377 e. The average Bonchev–Trinajstić information content (AvgIpc) is 2.78. The molecule has 204 valence electrons. The highest BCUT2D eigenvalue weighted by Gasteiger charge is 2.23. The molecule has 0 fully saturated rings. The Balaban J connectivity index is 4.13.